The highest BCUT2D eigenvalue weighted by Crippen LogP contribution is 2.44. The first-order valence-corrected chi connectivity index (χ1v) is 8.44. The molecule has 0 radical (unpaired) electrons. The van der Waals surface area contributed by atoms with Crippen molar-refractivity contribution in [2.24, 2.45) is 17.6 Å². The lowest BCUT2D eigenvalue weighted by atomic mass is 9.89. The zero-order valence-electron chi connectivity index (χ0n) is 13.8. The van der Waals surface area contributed by atoms with Crippen LogP contribution in [0.25, 0.3) is 0 Å². The summed E-state index contributed by atoms with van der Waals surface area (Å²) in [6, 6.07) is 5.10. The summed E-state index contributed by atoms with van der Waals surface area (Å²) in [5.74, 6) is -1.37. The molecule has 1 saturated heterocycles. The second kappa shape index (κ2) is 5.15. The van der Waals surface area contributed by atoms with Gasteiger partial charge in [-0.2, -0.15) is 0 Å². The Morgan fingerprint density at radius 1 is 1.28 bits per heavy atom. The minimum absolute atomic E-state index is 0.128. The molecule has 0 aromatic heterocycles. The number of nitrogens with two attached hydrogens (primary N) is 1. The molecular weight excluding hydrogens is 322 g/mol. The van der Waals surface area contributed by atoms with Gasteiger partial charge in [-0.1, -0.05) is 31.2 Å². The molecule has 1 saturated carbocycles. The molecule has 2 aliphatic carbocycles. The van der Waals surface area contributed by atoms with Crippen LogP contribution in [-0.2, 0) is 15.1 Å². The highest BCUT2D eigenvalue weighted by atomic mass is 16.2. The van der Waals surface area contributed by atoms with Crippen molar-refractivity contribution < 1.29 is 19.2 Å². The number of primary amides is 1. The highest BCUT2D eigenvalue weighted by Gasteiger charge is 2.60. The highest BCUT2D eigenvalue weighted by molar-refractivity contribution is 6.17. The van der Waals surface area contributed by atoms with Crippen molar-refractivity contribution in [3.63, 3.8) is 0 Å². The maximum atomic E-state index is 13.2. The number of urea groups is 1. The molecule has 7 heteroatoms. The third-order valence-electron chi connectivity index (χ3n) is 5.67. The minimum atomic E-state index is -1.41. The summed E-state index contributed by atoms with van der Waals surface area (Å²) >= 11 is 0. The van der Waals surface area contributed by atoms with Crippen LogP contribution in [0.3, 0.4) is 0 Å². The van der Waals surface area contributed by atoms with Crippen LogP contribution in [0.2, 0.25) is 0 Å². The van der Waals surface area contributed by atoms with Crippen molar-refractivity contribution in [2.75, 3.05) is 0 Å². The summed E-state index contributed by atoms with van der Waals surface area (Å²) in [5, 5.41) is 2.67. The Labute approximate surface area is 144 Å². The molecule has 4 rings (SSSR count). The second-order valence-corrected chi connectivity index (χ2v) is 7.20. The maximum absolute atomic E-state index is 13.2. The van der Waals surface area contributed by atoms with Crippen LogP contribution in [0.15, 0.2) is 24.3 Å². The predicted molar refractivity (Wildman–Crippen MR) is 87.3 cm³/mol. The molecule has 3 atom stereocenters. The van der Waals surface area contributed by atoms with Gasteiger partial charge in [0, 0.05) is 12.0 Å². The molecule has 1 aromatic rings. The SMILES string of the molecule is CC(C1CC1)[C@@H](C(N)=O)N1C(=O)NC2(CC(=O)c3ccccc32)C1=O. The molecule has 3 aliphatic rings. The number of fused-ring (bicyclic) bond motifs is 2. The Balaban J connectivity index is 1.76. The van der Waals surface area contributed by atoms with Gasteiger partial charge in [-0.25, -0.2) is 9.69 Å². The lowest BCUT2D eigenvalue weighted by molar-refractivity contribution is -0.139. The summed E-state index contributed by atoms with van der Waals surface area (Å²) in [6.07, 6.45) is 1.79. The van der Waals surface area contributed by atoms with Gasteiger partial charge < -0.3 is 11.1 Å². The van der Waals surface area contributed by atoms with Crippen molar-refractivity contribution in [3.8, 4) is 0 Å². The Kier molecular flexibility index (Phi) is 3.25. The normalized spacial score (nSPS) is 27.4. The van der Waals surface area contributed by atoms with Crippen LogP contribution in [0.1, 0.15) is 42.1 Å². The number of hydrogen-bond acceptors (Lipinski definition) is 4. The van der Waals surface area contributed by atoms with E-state index in [2.05, 4.69) is 5.32 Å². The standard InChI is InChI=1S/C18H19N3O4/c1-9(10-6-7-10)14(15(19)23)21-16(24)18(20-17(21)25)8-13(22)11-4-2-3-5-12(11)18/h2-5,9-10,14H,6-8H2,1H3,(H2,19,23)(H,20,25)/t9?,14-,18?/m0/s1. The van der Waals surface area contributed by atoms with Crippen molar-refractivity contribution in [3.05, 3.63) is 35.4 Å². The number of imide groups is 1. The van der Waals surface area contributed by atoms with Gasteiger partial charge in [0.05, 0.1) is 0 Å². The molecule has 1 heterocycles. The summed E-state index contributed by atoms with van der Waals surface area (Å²) < 4.78 is 0. The number of nitrogens with one attached hydrogen (secondary N) is 1. The number of hydrogen-bond donors (Lipinski definition) is 2. The number of amides is 4. The van der Waals surface area contributed by atoms with Crippen LogP contribution < -0.4 is 11.1 Å². The van der Waals surface area contributed by atoms with Crippen molar-refractivity contribution in [1.82, 2.24) is 10.2 Å². The van der Waals surface area contributed by atoms with E-state index in [-0.39, 0.29) is 24.0 Å². The average Bonchev–Trinajstić information content (AvgIpc) is 3.34. The molecule has 1 spiro atoms. The van der Waals surface area contributed by atoms with Crippen molar-refractivity contribution in [1.29, 1.82) is 0 Å². The van der Waals surface area contributed by atoms with E-state index >= 15 is 0 Å². The number of nitrogens with zero attached hydrogens (tertiary/aromatic N) is 1. The molecule has 3 N–H and O–H groups in total. The van der Waals surface area contributed by atoms with Gasteiger partial charge in [0.2, 0.25) is 5.91 Å². The van der Waals surface area contributed by atoms with E-state index in [1.807, 2.05) is 6.92 Å². The lowest BCUT2D eigenvalue weighted by Crippen LogP contribution is -2.53. The van der Waals surface area contributed by atoms with Crippen LogP contribution in [0.5, 0.6) is 0 Å². The fraction of sp³-hybridized carbons (Fsp3) is 0.444. The Bertz CT molecular complexity index is 816. The van der Waals surface area contributed by atoms with Gasteiger partial charge in [0.1, 0.15) is 6.04 Å². The van der Waals surface area contributed by atoms with Crippen LogP contribution in [0.4, 0.5) is 4.79 Å². The number of ketones is 1. The predicted octanol–water partition coefficient (Wildman–Crippen LogP) is 0.920. The Morgan fingerprint density at radius 2 is 1.96 bits per heavy atom. The summed E-state index contributed by atoms with van der Waals surface area (Å²) in [4.78, 5) is 51.2. The number of rotatable bonds is 4. The Morgan fingerprint density at radius 3 is 2.60 bits per heavy atom. The van der Waals surface area contributed by atoms with E-state index in [9.17, 15) is 19.2 Å². The second-order valence-electron chi connectivity index (χ2n) is 7.20. The minimum Gasteiger partial charge on any atom is -0.368 e. The molecule has 25 heavy (non-hydrogen) atoms. The van der Waals surface area contributed by atoms with E-state index in [0.717, 1.165) is 17.7 Å². The van der Waals surface area contributed by atoms with Crippen LogP contribution >= 0.6 is 0 Å². The fourth-order valence-corrected chi connectivity index (χ4v) is 4.18. The van der Waals surface area contributed by atoms with E-state index in [1.54, 1.807) is 24.3 Å². The first-order valence-electron chi connectivity index (χ1n) is 8.44. The number of carbonyl (C=O) groups excluding carboxylic acids is 4. The molecule has 2 unspecified atom stereocenters. The van der Waals surface area contributed by atoms with E-state index in [1.165, 1.54) is 0 Å². The molecule has 2 fully saturated rings. The fourth-order valence-electron chi connectivity index (χ4n) is 4.18. The third kappa shape index (κ3) is 2.11. The number of benzene rings is 1. The number of carbonyl (C=O) groups is 4. The molecule has 1 aromatic carbocycles. The van der Waals surface area contributed by atoms with Gasteiger partial charge in [-0.3, -0.25) is 14.4 Å². The molecular formula is C18H19N3O4. The van der Waals surface area contributed by atoms with Crippen molar-refractivity contribution in [2.45, 2.75) is 37.8 Å². The van der Waals surface area contributed by atoms with Gasteiger partial charge >= 0.3 is 6.03 Å². The Hall–Kier alpha value is -2.70. The third-order valence-corrected chi connectivity index (χ3v) is 5.67. The van der Waals surface area contributed by atoms with Gasteiger partial charge in [-0.15, -0.1) is 0 Å². The molecule has 4 amide bonds. The quantitative estimate of drug-likeness (QED) is 0.794. The van der Waals surface area contributed by atoms with E-state index < -0.39 is 29.4 Å². The van der Waals surface area contributed by atoms with E-state index in [0.29, 0.717) is 11.1 Å². The summed E-state index contributed by atoms with van der Waals surface area (Å²) in [7, 11) is 0. The smallest absolute Gasteiger partial charge is 0.326 e. The van der Waals surface area contributed by atoms with Crippen molar-refractivity contribution >= 4 is 23.6 Å². The van der Waals surface area contributed by atoms with E-state index in [4.69, 9.17) is 5.73 Å². The van der Waals surface area contributed by atoms with Gasteiger partial charge in [0.25, 0.3) is 5.91 Å². The van der Waals surface area contributed by atoms with Gasteiger partial charge in [-0.05, 0) is 30.2 Å². The van der Waals surface area contributed by atoms with Crippen LogP contribution in [-0.4, -0.2) is 34.6 Å². The monoisotopic (exact) mass is 341 g/mol. The molecule has 7 nitrogen and oxygen atoms in total. The molecule has 0 bridgehead atoms. The molecule has 1 aliphatic heterocycles. The topological polar surface area (TPSA) is 110 Å². The zero-order chi connectivity index (χ0) is 17.9. The summed E-state index contributed by atoms with van der Waals surface area (Å²) in [6.45, 7) is 1.84. The first-order chi connectivity index (χ1) is 11.9. The lowest BCUT2D eigenvalue weighted by Gasteiger charge is -2.29. The van der Waals surface area contributed by atoms with Crippen LogP contribution in [0, 0.1) is 11.8 Å². The largest absolute Gasteiger partial charge is 0.368 e. The zero-order valence-corrected chi connectivity index (χ0v) is 13.8. The maximum Gasteiger partial charge on any atom is 0.326 e. The first kappa shape index (κ1) is 15.8. The number of Topliss-reactive ketones (excluding diaryl/α,β-unsaturated/α-hetero) is 1. The summed E-state index contributed by atoms with van der Waals surface area (Å²) in [5.41, 5.74) is 5.04. The average molecular weight is 341 g/mol. The van der Waals surface area contributed by atoms with Gasteiger partial charge in [0.15, 0.2) is 11.3 Å². The molecule has 130 valence electrons.